The van der Waals surface area contributed by atoms with Crippen LogP contribution in [0.4, 0.5) is 13.2 Å². The molecule has 1 aromatic carbocycles. The van der Waals surface area contributed by atoms with Crippen LogP contribution in [0.25, 0.3) is 0 Å². The normalized spacial score (nSPS) is 13.8. The molecule has 0 N–H and O–H groups in total. The molecule has 0 saturated carbocycles. The van der Waals surface area contributed by atoms with Crippen molar-refractivity contribution < 1.29 is 35.7 Å². The Hall–Kier alpha value is 0.580. The molecule has 0 bridgehead atoms. The van der Waals surface area contributed by atoms with Gasteiger partial charge in [0.15, 0.2) is 10.1 Å². The first kappa shape index (κ1) is 20.6. The number of halogens is 6. The van der Waals surface area contributed by atoms with E-state index in [9.17, 15) is 30.9 Å². The second kappa shape index (κ2) is 7.64. The number of carbonyl (C=O) groups is 1. The van der Waals surface area contributed by atoms with Crippen molar-refractivity contribution >= 4 is 83.9 Å². The molecule has 0 heterocycles. The first-order chi connectivity index (χ1) is 9.87. The molecule has 0 radical (unpaired) electrons. The molecule has 1 atom stereocenters. The fourth-order valence-corrected chi connectivity index (χ4v) is 3.94. The summed E-state index contributed by atoms with van der Waals surface area (Å²) in [5.74, 6) is -1.09. The third-order valence-electron chi connectivity index (χ3n) is 2.27. The van der Waals surface area contributed by atoms with Crippen molar-refractivity contribution in [3.05, 3.63) is 28.4 Å². The molecule has 0 aliphatic rings. The van der Waals surface area contributed by atoms with Gasteiger partial charge in [-0.15, -0.1) is 0 Å². The molecular formula is C10H5F3I3O5S-. The Balaban J connectivity index is 2.88. The van der Waals surface area contributed by atoms with Crippen LogP contribution in [0, 0.1) is 10.7 Å². The molecule has 5 nitrogen and oxygen atoms in total. The molecule has 0 saturated heterocycles. The van der Waals surface area contributed by atoms with Crippen molar-refractivity contribution in [2.75, 3.05) is 6.61 Å². The van der Waals surface area contributed by atoms with Gasteiger partial charge in [0.2, 0.25) is 6.17 Å². The maximum Gasteiger partial charge on any atom is 0.368 e. The topological polar surface area (TPSA) is 83.5 Å². The van der Waals surface area contributed by atoms with E-state index in [1.54, 1.807) is 6.07 Å². The summed E-state index contributed by atoms with van der Waals surface area (Å²) < 4.78 is 76.0. The Morgan fingerprint density at radius 3 is 2.36 bits per heavy atom. The minimum absolute atomic E-state index is 0.0254. The van der Waals surface area contributed by atoms with Gasteiger partial charge in [0.25, 0.3) is 0 Å². The van der Waals surface area contributed by atoms with E-state index in [-0.39, 0.29) is 5.56 Å². The molecule has 1 unspecified atom stereocenters. The third-order valence-corrected chi connectivity index (χ3v) is 6.86. The minimum atomic E-state index is -6.19. The van der Waals surface area contributed by atoms with Gasteiger partial charge in [0.05, 0.1) is 5.56 Å². The molecule has 0 aliphatic heterocycles. The van der Waals surface area contributed by atoms with Crippen molar-refractivity contribution in [2.24, 2.45) is 0 Å². The fourth-order valence-electron chi connectivity index (χ4n) is 1.18. The van der Waals surface area contributed by atoms with Gasteiger partial charge in [-0.2, -0.15) is 8.78 Å². The van der Waals surface area contributed by atoms with Crippen molar-refractivity contribution in [1.82, 2.24) is 0 Å². The van der Waals surface area contributed by atoms with E-state index in [0.29, 0.717) is 10.7 Å². The lowest BCUT2D eigenvalue weighted by atomic mass is 10.2. The average molecular weight is 675 g/mol. The number of hydrogen-bond donors (Lipinski definition) is 0. The van der Waals surface area contributed by atoms with Crippen LogP contribution in [0.5, 0.6) is 0 Å². The van der Waals surface area contributed by atoms with Crippen molar-refractivity contribution in [3.8, 4) is 0 Å². The van der Waals surface area contributed by atoms with Gasteiger partial charge in [-0.25, -0.2) is 17.6 Å². The lowest BCUT2D eigenvalue weighted by molar-refractivity contribution is -0.0362. The van der Waals surface area contributed by atoms with E-state index in [4.69, 9.17) is 0 Å². The molecule has 0 spiro atoms. The summed E-state index contributed by atoms with van der Waals surface area (Å²) in [5.41, 5.74) is 0.0254. The van der Waals surface area contributed by atoms with Gasteiger partial charge in [0, 0.05) is 10.7 Å². The highest BCUT2D eigenvalue weighted by Gasteiger charge is 2.48. The summed E-state index contributed by atoms with van der Waals surface area (Å²) in [6.45, 7) is -1.55. The first-order valence-corrected chi connectivity index (χ1v) is 9.81. The number of carbonyl (C=O) groups excluding carboxylic acids is 1. The summed E-state index contributed by atoms with van der Waals surface area (Å²) in [7, 11) is -6.19. The Labute approximate surface area is 164 Å². The molecule has 0 amide bonds. The Bertz CT molecular complexity index is 695. The van der Waals surface area contributed by atoms with Crippen LogP contribution in [-0.2, 0) is 14.9 Å². The fraction of sp³-hybridized carbons (Fsp3) is 0.300. The maximum absolute atomic E-state index is 13.2. The van der Waals surface area contributed by atoms with Crippen LogP contribution in [0.15, 0.2) is 12.1 Å². The van der Waals surface area contributed by atoms with Crippen molar-refractivity contribution in [1.29, 1.82) is 0 Å². The molecule has 124 valence electrons. The zero-order valence-corrected chi connectivity index (χ0v) is 17.4. The highest BCUT2D eigenvalue weighted by molar-refractivity contribution is 14.1. The molecule has 0 fully saturated rings. The number of alkyl halides is 3. The largest absolute Gasteiger partial charge is 0.743 e. The van der Waals surface area contributed by atoms with Gasteiger partial charge in [-0.1, -0.05) is 0 Å². The summed E-state index contributed by atoms with van der Waals surface area (Å²) in [6.07, 6.45) is -3.45. The number of ether oxygens (including phenoxy) is 1. The lowest BCUT2D eigenvalue weighted by Gasteiger charge is -2.23. The first-order valence-electron chi connectivity index (χ1n) is 5.17. The zero-order chi connectivity index (χ0) is 17.3. The van der Waals surface area contributed by atoms with Crippen LogP contribution in [0.1, 0.15) is 10.4 Å². The van der Waals surface area contributed by atoms with Gasteiger partial charge in [0.1, 0.15) is 6.61 Å². The second-order valence-corrected chi connectivity index (χ2v) is 8.77. The molecule has 0 aliphatic carbocycles. The number of rotatable bonds is 5. The second-order valence-electron chi connectivity index (χ2n) is 3.83. The van der Waals surface area contributed by atoms with E-state index < -0.39 is 34.1 Å². The number of benzene rings is 1. The SMILES string of the molecule is O=C(OCC(F)C(F)(F)S(=O)(=O)[O-])c1cc(I)cc(I)c1I. The maximum atomic E-state index is 13.2. The molecule has 22 heavy (non-hydrogen) atoms. The minimum Gasteiger partial charge on any atom is -0.743 e. The van der Waals surface area contributed by atoms with E-state index in [1.807, 2.05) is 67.8 Å². The highest BCUT2D eigenvalue weighted by Crippen LogP contribution is 2.28. The van der Waals surface area contributed by atoms with Crippen molar-refractivity contribution in [3.63, 3.8) is 0 Å². The van der Waals surface area contributed by atoms with E-state index >= 15 is 0 Å². The van der Waals surface area contributed by atoms with Crippen LogP contribution < -0.4 is 0 Å². The summed E-state index contributed by atoms with van der Waals surface area (Å²) in [4.78, 5) is 11.8. The van der Waals surface area contributed by atoms with Crippen LogP contribution in [0.2, 0.25) is 0 Å². The summed E-state index contributed by atoms with van der Waals surface area (Å²) in [5, 5.41) is -5.17. The zero-order valence-electron chi connectivity index (χ0n) is 10.2. The Morgan fingerprint density at radius 2 is 1.86 bits per heavy atom. The standard InChI is InChI=1S/C10H6F3I3O5S/c11-7(10(12,13)22(18,19)20)3-21-9(17)5-1-4(14)2-6(15)8(5)16/h1-2,7H,3H2,(H,18,19,20)/p-1. The molecule has 12 heteroatoms. The van der Waals surface area contributed by atoms with Crippen LogP contribution in [0.3, 0.4) is 0 Å². The van der Waals surface area contributed by atoms with Gasteiger partial charge < -0.3 is 9.29 Å². The van der Waals surface area contributed by atoms with E-state index in [0.717, 1.165) is 0 Å². The van der Waals surface area contributed by atoms with Gasteiger partial charge in [-0.05, 0) is 79.9 Å². The molecule has 0 aromatic heterocycles. The Kier molecular flexibility index (Phi) is 7.17. The molecule has 1 rings (SSSR count). The molecule has 1 aromatic rings. The predicted octanol–water partition coefficient (Wildman–Crippen LogP) is 3.13. The van der Waals surface area contributed by atoms with E-state index in [1.165, 1.54) is 6.07 Å². The average Bonchev–Trinajstić information content (AvgIpc) is 2.38. The monoisotopic (exact) mass is 675 g/mol. The van der Waals surface area contributed by atoms with Crippen LogP contribution in [-0.4, -0.2) is 37.0 Å². The Morgan fingerprint density at radius 1 is 1.32 bits per heavy atom. The number of esters is 1. The third kappa shape index (κ3) is 4.79. The highest BCUT2D eigenvalue weighted by atomic mass is 127. The summed E-state index contributed by atoms with van der Waals surface area (Å²) >= 11 is 5.68. The number of hydrogen-bond acceptors (Lipinski definition) is 5. The lowest BCUT2D eigenvalue weighted by Crippen LogP contribution is -2.41. The summed E-state index contributed by atoms with van der Waals surface area (Å²) in [6, 6.07) is 3.15. The smallest absolute Gasteiger partial charge is 0.368 e. The van der Waals surface area contributed by atoms with Crippen molar-refractivity contribution in [2.45, 2.75) is 11.4 Å². The predicted molar refractivity (Wildman–Crippen MR) is 94.4 cm³/mol. The molecular weight excluding hydrogens is 670 g/mol. The van der Waals surface area contributed by atoms with Gasteiger partial charge in [-0.3, -0.25) is 0 Å². The quantitative estimate of drug-likeness (QED) is 0.208. The van der Waals surface area contributed by atoms with E-state index in [2.05, 4.69) is 4.74 Å². The van der Waals surface area contributed by atoms with Gasteiger partial charge >= 0.3 is 11.2 Å². The van der Waals surface area contributed by atoms with Crippen LogP contribution >= 0.6 is 67.8 Å².